The van der Waals surface area contributed by atoms with E-state index < -0.39 is 0 Å². The molecule has 1 amide bonds. The number of aryl methyl sites for hydroxylation is 2. The fourth-order valence-corrected chi connectivity index (χ4v) is 4.87. The van der Waals surface area contributed by atoms with Crippen molar-refractivity contribution in [3.63, 3.8) is 0 Å². The molecule has 2 fully saturated rings. The molecule has 0 aromatic carbocycles. The lowest BCUT2D eigenvalue weighted by atomic mass is 9.69. The maximum Gasteiger partial charge on any atom is 0.244 e. The van der Waals surface area contributed by atoms with E-state index in [0.717, 1.165) is 23.6 Å². The number of aromatic nitrogens is 2. The van der Waals surface area contributed by atoms with Crippen LogP contribution in [0.1, 0.15) is 51.3 Å². The fraction of sp³-hybridized carbons (Fsp3) is 0.667. The number of hydrogen-bond acceptors (Lipinski definition) is 2. The van der Waals surface area contributed by atoms with Crippen LogP contribution in [0.3, 0.4) is 0 Å². The van der Waals surface area contributed by atoms with Crippen molar-refractivity contribution in [2.75, 3.05) is 0 Å². The number of nitrogens with one attached hydrogen (secondary N) is 1. The molecule has 0 spiro atoms. The Morgan fingerprint density at radius 3 is 2.61 bits per heavy atom. The first kappa shape index (κ1) is 16.6. The van der Waals surface area contributed by atoms with E-state index in [1.807, 2.05) is 6.92 Å². The van der Waals surface area contributed by atoms with Crippen molar-refractivity contribution in [1.29, 1.82) is 0 Å². The van der Waals surface area contributed by atoms with Gasteiger partial charge in [-0.3, -0.25) is 9.48 Å². The van der Waals surface area contributed by atoms with Crippen LogP contribution in [0.25, 0.3) is 6.08 Å². The van der Waals surface area contributed by atoms with Crippen LogP contribution in [-0.4, -0.2) is 21.7 Å². The van der Waals surface area contributed by atoms with Crippen LogP contribution in [0.2, 0.25) is 5.15 Å². The zero-order chi connectivity index (χ0) is 17.0. The Morgan fingerprint density at radius 2 is 2.13 bits per heavy atom. The SMILES string of the molecule is Cc1nn(C)c(Cl)c1/C=C/C(=O)NC1CC2CCC1(C)C2(C)C. The van der Waals surface area contributed by atoms with Crippen molar-refractivity contribution in [2.45, 2.75) is 53.0 Å². The third kappa shape index (κ3) is 2.42. The van der Waals surface area contributed by atoms with Gasteiger partial charge in [0.05, 0.1) is 5.69 Å². The molecule has 1 N–H and O–H groups in total. The van der Waals surface area contributed by atoms with E-state index in [2.05, 4.69) is 31.2 Å². The molecule has 3 unspecified atom stereocenters. The van der Waals surface area contributed by atoms with Gasteiger partial charge in [0.1, 0.15) is 5.15 Å². The number of rotatable bonds is 3. The Hall–Kier alpha value is -1.29. The first-order valence-electron chi connectivity index (χ1n) is 8.34. The van der Waals surface area contributed by atoms with Gasteiger partial charge in [-0.15, -0.1) is 0 Å². The molecule has 1 aromatic heterocycles. The standard InChI is InChI=1S/C18H26ClN3O/c1-11-13(16(19)22(5)21-11)6-7-15(23)20-14-10-12-8-9-18(14,4)17(12,2)3/h6-7,12,14H,8-10H2,1-5H3,(H,20,23)/b7-6+. The summed E-state index contributed by atoms with van der Waals surface area (Å²) in [6.45, 7) is 8.93. The van der Waals surface area contributed by atoms with E-state index >= 15 is 0 Å². The summed E-state index contributed by atoms with van der Waals surface area (Å²) < 4.78 is 1.62. The molecular weight excluding hydrogens is 310 g/mol. The lowest BCUT2D eigenvalue weighted by molar-refractivity contribution is -0.118. The minimum absolute atomic E-state index is 0.0427. The van der Waals surface area contributed by atoms with Crippen LogP contribution in [0.15, 0.2) is 6.08 Å². The van der Waals surface area contributed by atoms with Crippen molar-refractivity contribution in [3.8, 4) is 0 Å². The van der Waals surface area contributed by atoms with E-state index in [1.165, 1.54) is 12.8 Å². The minimum Gasteiger partial charge on any atom is -0.349 e. The Balaban J connectivity index is 1.70. The lowest BCUT2D eigenvalue weighted by Gasteiger charge is -2.39. The summed E-state index contributed by atoms with van der Waals surface area (Å²) in [5.74, 6) is 0.677. The highest BCUT2D eigenvalue weighted by Crippen LogP contribution is 2.65. The van der Waals surface area contributed by atoms with Crippen LogP contribution in [0.5, 0.6) is 0 Å². The predicted octanol–water partition coefficient (Wildman–Crippen LogP) is 3.73. The molecule has 1 heterocycles. The van der Waals surface area contributed by atoms with Gasteiger partial charge in [0.15, 0.2) is 0 Å². The molecule has 0 saturated heterocycles. The minimum atomic E-state index is -0.0427. The quantitative estimate of drug-likeness (QED) is 0.856. The average Bonchev–Trinajstić information content (AvgIpc) is 2.91. The molecule has 23 heavy (non-hydrogen) atoms. The molecule has 4 nitrogen and oxygen atoms in total. The zero-order valence-corrected chi connectivity index (χ0v) is 15.4. The predicted molar refractivity (Wildman–Crippen MR) is 93.1 cm³/mol. The van der Waals surface area contributed by atoms with Crippen LogP contribution >= 0.6 is 11.6 Å². The van der Waals surface area contributed by atoms with Gasteiger partial charge in [-0.1, -0.05) is 32.4 Å². The molecule has 2 aliphatic rings. The van der Waals surface area contributed by atoms with Crippen LogP contribution in [0, 0.1) is 23.7 Å². The second-order valence-electron chi connectivity index (χ2n) is 7.92. The number of nitrogens with zero attached hydrogens (tertiary/aromatic N) is 2. The average molecular weight is 336 g/mol. The fourth-order valence-electron chi connectivity index (χ4n) is 4.64. The van der Waals surface area contributed by atoms with E-state index in [1.54, 1.807) is 23.9 Å². The van der Waals surface area contributed by atoms with Crippen molar-refractivity contribution < 1.29 is 4.79 Å². The number of hydrogen-bond donors (Lipinski definition) is 1. The summed E-state index contributed by atoms with van der Waals surface area (Å²) in [7, 11) is 1.80. The van der Waals surface area contributed by atoms with Crippen molar-refractivity contribution >= 4 is 23.6 Å². The molecule has 5 heteroatoms. The number of carbonyl (C=O) groups excluding carboxylic acids is 1. The third-order valence-corrected chi connectivity index (χ3v) is 7.16. The Kier molecular flexibility index (Phi) is 3.87. The Labute approximate surface area is 143 Å². The van der Waals surface area contributed by atoms with E-state index in [4.69, 9.17) is 11.6 Å². The molecule has 2 saturated carbocycles. The Morgan fingerprint density at radius 1 is 1.43 bits per heavy atom. The summed E-state index contributed by atoms with van der Waals surface area (Å²) in [5, 5.41) is 8.04. The van der Waals surface area contributed by atoms with Gasteiger partial charge in [-0.05, 0) is 49.0 Å². The summed E-state index contributed by atoms with van der Waals surface area (Å²) in [4.78, 5) is 12.4. The Bertz CT molecular complexity index is 676. The molecule has 0 aliphatic heterocycles. The molecule has 0 radical (unpaired) electrons. The smallest absolute Gasteiger partial charge is 0.244 e. The van der Waals surface area contributed by atoms with Gasteiger partial charge in [0.25, 0.3) is 0 Å². The second-order valence-corrected chi connectivity index (χ2v) is 8.28. The van der Waals surface area contributed by atoms with Gasteiger partial charge in [0.2, 0.25) is 5.91 Å². The highest BCUT2D eigenvalue weighted by Gasteiger charge is 2.61. The summed E-state index contributed by atoms with van der Waals surface area (Å²) in [5.41, 5.74) is 2.14. The monoisotopic (exact) mass is 335 g/mol. The van der Waals surface area contributed by atoms with E-state index in [0.29, 0.717) is 10.6 Å². The zero-order valence-electron chi connectivity index (χ0n) is 14.6. The number of amides is 1. The largest absolute Gasteiger partial charge is 0.349 e. The first-order valence-corrected chi connectivity index (χ1v) is 8.72. The summed E-state index contributed by atoms with van der Waals surface area (Å²) in [6.07, 6.45) is 6.93. The molecule has 2 bridgehead atoms. The van der Waals surface area contributed by atoms with Crippen molar-refractivity contribution in [1.82, 2.24) is 15.1 Å². The molecule has 2 aliphatic carbocycles. The van der Waals surface area contributed by atoms with Gasteiger partial charge >= 0.3 is 0 Å². The molecule has 3 rings (SSSR count). The normalized spacial score (nSPS) is 31.9. The van der Waals surface area contributed by atoms with E-state index in [9.17, 15) is 4.79 Å². The second kappa shape index (κ2) is 5.37. The number of carbonyl (C=O) groups is 1. The molecule has 3 atom stereocenters. The van der Waals surface area contributed by atoms with Crippen LogP contribution < -0.4 is 5.32 Å². The molecule has 1 aromatic rings. The molecule has 126 valence electrons. The van der Waals surface area contributed by atoms with Gasteiger partial charge in [-0.25, -0.2) is 0 Å². The van der Waals surface area contributed by atoms with Crippen molar-refractivity contribution in [2.24, 2.45) is 23.8 Å². The van der Waals surface area contributed by atoms with Gasteiger partial charge in [0, 0.05) is 24.7 Å². The maximum absolute atomic E-state index is 12.4. The third-order valence-electron chi connectivity index (χ3n) is 6.71. The van der Waals surface area contributed by atoms with Crippen molar-refractivity contribution in [3.05, 3.63) is 22.5 Å². The number of fused-ring (bicyclic) bond motifs is 2. The highest BCUT2D eigenvalue weighted by atomic mass is 35.5. The summed E-state index contributed by atoms with van der Waals surface area (Å²) >= 11 is 6.20. The number of halogens is 1. The maximum atomic E-state index is 12.4. The van der Waals surface area contributed by atoms with Gasteiger partial charge in [-0.2, -0.15) is 5.10 Å². The van der Waals surface area contributed by atoms with Crippen LogP contribution in [0.4, 0.5) is 0 Å². The van der Waals surface area contributed by atoms with Crippen LogP contribution in [-0.2, 0) is 11.8 Å². The lowest BCUT2D eigenvalue weighted by Crippen LogP contribution is -2.46. The topological polar surface area (TPSA) is 46.9 Å². The molecular formula is C18H26ClN3O. The highest BCUT2D eigenvalue weighted by molar-refractivity contribution is 6.31. The first-order chi connectivity index (χ1) is 10.7. The van der Waals surface area contributed by atoms with E-state index in [-0.39, 0.29) is 17.4 Å². The summed E-state index contributed by atoms with van der Waals surface area (Å²) in [6, 6.07) is 0.263. The van der Waals surface area contributed by atoms with Gasteiger partial charge < -0.3 is 5.32 Å².